The van der Waals surface area contributed by atoms with E-state index >= 15 is 0 Å². The van der Waals surface area contributed by atoms with E-state index in [1.165, 1.54) is 4.90 Å². The van der Waals surface area contributed by atoms with E-state index in [9.17, 15) is 14.7 Å². The predicted octanol–water partition coefficient (Wildman–Crippen LogP) is 1.73. The molecule has 20 heavy (non-hydrogen) atoms. The number of hydrogen-bond acceptors (Lipinski definition) is 3. The zero-order chi connectivity index (χ0) is 14.5. The lowest BCUT2D eigenvalue weighted by molar-refractivity contribution is -0.154. The topological polar surface area (TPSA) is 70.5 Å². The van der Waals surface area contributed by atoms with Crippen LogP contribution in [0.15, 0.2) is 24.5 Å². The van der Waals surface area contributed by atoms with Crippen LogP contribution in [-0.2, 0) is 16.0 Å². The molecule has 0 aliphatic carbocycles. The lowest BCUT2D eigenvalue weighted by atomic mass is 9.90. The Morgan fingerprint density at radius 2 is 2.30 bits per heavy atom. The van der Waals surface area contributed by atoms with E-state index in [4.69, 9.17) is 0 Å². The van der Waals surface area contributed by atoms with Crippen molar-refractivity contribution in [2.45, 2.75) is 38.6 Å². The molecule has 1 aromatic rings. The van der Waals surface area contributed by atoms with Gasteiger partial charge in [-0.05, 0) is 36.8 Å². The minimum absolute atomic E-state index is 0.0172. The van der Waals surface area contributed by atoms with Gasteiger partial charge in [-0.1, -0.05) is 13.0 Å². The van der Waals surface area contributed by atoms with Crippen molar-refractivity contribution in [2.75, 3.05) is 6.54 Å². The fourth-order valence-corrected chi connectivity index (χ4v) is 2.79. The van der Waals surface area contributed by atoms with Gasteiger partial charge in [-0.2, -0.15) is 0 Å². The summed E-state index contributed by atoms with van der Waals surface area (Å²) in [4.78, 5) is 29.2. The van der Waals surface area contributed by atoms with Gasteiger partial charge in [-0.3, -0.25) is 9.78 Å². The summed E-state index contributed by atoms with van der Waals surface area (Å²) in [5.74, 6) is -0.955. The van der Waals surface area contributed by atoms with Crippen molar-refractivity contribution in [2.24, 2.45) is 5.92 Å². The van der Waals surface area contributed by atoms with E-state index in [0.717, 1.165) is 18.4 Å². The standard InChI is InChI=1S/C15H20N2O3/c1-11-4-3-9-17(14(11)15(19)20)13(18)7-6-12-5-2-8-16-10-12/h2,5,8,10-11,14H,3-4,6-7,9H2,1H3,(H,19,20)/t11-,14+/m1/s1. The number of aromatic nitrogens is 1. The fraction of sp³-hybridized carbons (Fsp3) is 0.533. The first-order chi connectivity index (χ1) is 9.59. The highest BCUT2D eigenvalue weighted by atomic mass is 16.4. The Labute approximate surface area is 118 Å². The second-order valence-electron chi connectivity index (χ2n) is 5.35. The Kier molecular flexibility index (Phi) is 4.71. The third-order valence-electron chi connectivity index (χ3n) is 3.86. The predicted molar refractivity (Wildman–Crippen MR) is 74.1 cm³/mol. The molecule has 108 valence electrons. The number of hydrogen-bond donors (Lipinski definition) is 1. The van der Waals surface area contributed by atoms with Crippen LogP contribution >= 0.6 is 0 Å². The van der Waals surface area contributed by atoms with Gasteiger partial charge in [0, 0.05) is 25.4 Å². The van der Waals surface area contributed by atoms with Gasteiger partial charge in [0.05, 0.1) is 0 Å². The smallest absolute Gasteiger partial charge is 0.326 e. The summed E-state index contributed by atoms with van der Waals surface area (Å²) in [5.41, 5.74) is 0.998. The third kappa shape index (κ3) is 3.35. The molecular weight excluding hydrogens is 256 g/mol. The van der Waals surface area contributed by atoms with E-state index in [2.05, 4.69) is 4.98 Å². The molecule has 1 N–H and O–H groups in total. The van der Waals surface area contributed by atoms with Gasteiger partial charge < -0.3 is 10.0 Å². The first-order valence-electron chi connectivity index (χ1n) is 7.01. The van der Waals surface area contributed by atoms with Crippen LogP contribution in [-0.4, -0.2) is 39.5 Å². The van der Waals surface area contributed by atoms with Gasteiger partial charge in [0.15, 0.2) is 0 Å². The molecule has 2 atom stereocenters. The normalized spacial score (nSPS) is 22.6. The molecule has 0 bridgehead atoms. The highest BCUT2D eigenvalue weighted by Crippen LogP contribution is 2.24. The van der Waals surface area contributed by atoms with Crippen LogP contribution in [0.2, 0.25) is 0 Å². The number of piperidine rings is 1. The number of pyridine rings is 1. The molecule has 0 radical (unpaired) electrons. The molecule has 2 rings (SSSR count). The minimum atomic E-state index is -0.896. The summed E-state index contributed by atoms with van der Waals surface area (Å²) in [6.45, 7) is 2.45. The van der Waals surface area contributed by atoms with Gasteiger partial charge in [0.2, 0.25) is 5.91 Å². The van der Waals surface area contributed by atoms with Crippen molar-refractivity contribution in [3.05, 3.63) is 30.1 Å². The first-order valence-corrected chi connectivity index (χ1v) is 7.01. The number of carboxylic acid groups (broad SMARTS) is 1. The van der Waals surface area contributed by atoms with Crippen LogP contribution in [0.3, 0.4) is 0 Å². The van der Waals surface area contributed by atoms with Gasteiger partial charge >= 0.3 is 5.97 Å². The maximum atomic E-state index is 12.3. The van der Waals surface area contributed by atoms with Crippen LogP contribution in [0.5, 0.6) is 0 Å². The molecule has 1 aliphatic heterocycles. The van der Waals surface area contributed by atoms with Crippen molar-refractivity contribution in [3.63, 3.8) is 0 Å². The third-order valence-corrected chi connectivity index (χ3v) is 3.86. The van der Waals surface area contributed by atoms with E-state index < -0.39 is 12.0 Å². The Morgan fingerprint density at radius 1 is 1.50 bits per heavy atom. The summed E-state index contributed by atoms with van der Waals surface area (Å²) in [7, 11) is 0. The Morgan fingerprint density at radius 3 is 2.95 bits per heavy atom. The average molecular weight is 276 g/mol. The molecule has 0 aromatic carbocycles. The van der Waals surface area contributed by atoms with E-state index in [1.807, 2.05) is 19.1 Å². The van der Waals surface area contributed by atoms with Crippen LogP contribution in [0.25, 0.3) is 0 Å². The second kappa shape index (κ2) is 6.50. The number of carboxylic acids is 1. The Balaban J connectivity index is 1.98. The molecule has 5 nitrogen and oxygen atoms in total. The van der Waals surface area contributed by atoms with Gasteiger partial charge in [-0.15, -0.1) is 0 Å². The van der Waals surface area contributed by atoms with Crippen LogP contribution in [0.4, 0.5) is 0 Å². The second-order valence-corrected chi connectivity index (χ2v) is 5.35. The monoisotopic (exact) mass is 276 g/mol. The van der Waals surface area contributed by atoms with Crippen molar-refractivity contribution < 1.29 is 14.7 Å². The molecule has 1 saturated heterocycles. The average Bonchev–Trinajstić information content (AvgIpc) is 2.45. The Bertz CT molecular complexity index is 475. The number of carbonyl (C=O) groups excluding carboxylic acids is 1. The van der Waals surface area contributed by atoms with E-state index in [1.54, 1.807) is 12.4 Å². The van der Waals surface area contributed by atoms with Crippen LogP contribution < -0.4 is 0 Å². The Hall–Kier alpha value is -1.91. The SMILES string of the molecule is C[C@@H]1CCCN(C(=O)CCc2cccnc2)[C@@H]1C(=O)O. The molecule has 1 aromatic heterocycles. The van der Waals surface area contributed by atoms with E-state index in [-0.39, 0.29) is 11.8 Å². The minimum Gasteiger partial charge on any atom is -0.480 e. The zero-order valence-electron chi connectivity index (χ0n) is 11.7. The van der Waals surface area contributed by atoms with Gasteiger partial charge in [0.25, 0.3) is 0 Å². The molecule has 2 heterocycles. The summed E-state index contributed by atoms with van der Waals surface area (Å²) in [6.07, 6.45) is 6.11. The highest BCUT2D eigenvalue weighted by molar-refractivity contribution is 5.84. The molecule has 0 unspecified atom stereocenters. The lowest BCUT2D eigenvalue weighted by Gasteiger charge is -2.37. The maximum Gasteiger partial charge on any atom is 0.326 e. The number of amides is 1. The summed E-state index contributed by atoms with van der Waals surface area (Å²) < 4.78 is 0. The molecule has 1 amide bonds. The van der Waals surface area contributed by atoms with Crippen molar-refractivity contribution in [1.29, 1.82) is 0 Å². The molecular formula is C15H20N2O3. The zero-order valence-corrected chi connectivity index (χ0v) is 11.7. The van der Waals surface area contributed by atoms with E-state index in [0.29, 0.717) is 19.4 Å². The first kappa shape index (κ1) is 14.5. The van der Waals surface area contributed by atoms with Crippen molar-refractivity contribution >= 4 is 11.9 Å². The molecule has 0 spiro atoms. The summed E-state index contributed by atoms with van der Waals surface area (Å²) in [5, 5.41) is 9.31. The van der Waals surface area contributed by atoms with Crippen LogP contribution in [0, 0.1) is 5.92 Å². The largest absolute Gasteiger partial charge is 0.480 e. The van der Waals surface area contributed by atoms with Crippen molar-refractivity contribution in [1.82, 2.24) is 9.88 Å². The quantitative estimate of drug-likeness (QED) is 0.909. The number of carbonyl (C=O) groups is 2. The maximum absolute atomic E-state index is 12.3. The van der Waals surface area contributed by atoms with Crippen molar-refractivity contribution in [3.8, 4) is 0 Å². The fourth-order valence-electron chi connectivity index (χ4n) is 2.79. The molecule has 1 aliphatic rings. The molecule has 5 heteroatoms. The van der Waals surface area contributed by atoms with Crippen LogP contribution in [0.1, 0.15) is 31.7 Å². The summed E-state index contributed by atoms with van der Waals surface area (Å²) in [6, 6.07) is 3.08. The van der Waals surface area contributed by atoms with Gasteiger partial charge in [0.1, 0.15) is 6.04 Å². The number of likely N-dealkylation sites (tertiary alicyclic amines) is 1. The number of aryl methyl sites for hydroxylation is 1. The highest BCUT2D eigenvalue weighted by Gasteiger charge is 2.36. The molecule has 0 saturated carbocycles. The van der Waals surface area contributed by atoms with Gasteiger partial charge in [-0.25, -0.2) is 4.79 Å². The number of rotatable bonds is 4. The molecule has 1 fully saturated rings. The lowest BCUT2D eigenvalue weighted by Crippen LogP contribution is -2.51. The summed E-state index contributed by atoms with van der Waals surface area (Å²) >= 11 is 0. The number of nitrogens with zero attached hydrogens (tertiary/aromatic N) is 2. The number of aliphatic carboxylic acids is 1.